The SMILES string of the molecule is Cc1ccc(NCC(=O)Nc2cccc(C#N)c2)cc1Cl. The Morgan fingerprint density at radius 2 is 2.05 bits per heavy atom. The average Bonchev–Trinajstić information content (AvgIpc) is 2.48. The molecule has 5 heteroatoms. The summed E-state index contributed by atoms with van der Waals surface area (Å²) < 4.78 is 0. The maximum atomic E-state index is 11.8. The minimum absolute atomic E-state index is 0.121. The lowest BCUT2D eigenvalue weighted by atomic mass is 10.2. The van der Waals surface area contributed by atoms with Gasteiger partial charge in [-0.3, -0.25) is 4.79 Å². The highest BCUT2D eigenvalue weighted by Crippen LogP contribution is 2.19. The van der Waals surface area contributed by atoms with Gasteiger partial charge < -0.3 is 10.6 Å². The van der Waals surface area contributed by atoms with Crippen LogP contribution in [0.3, 0.4) is 0 Å². The van der Waals surface area contributed by atoms with Crippen LogP contribution in [-0.4, -0.2) is 12.5 Å². The van der Waals surface area contributed by atoms with Crippen LogP contribution >= 0.6 is 11.6 Å². The summed E-state index contributed by atoms with van der Waals surface area (Å²) in [5.41, 5.74) is 2.88. The number of aryl methyl sites for hydroxylation is 1. The molecule has 2 N–H and O–H groups in total. The molecule has 1 amide bonds. The number of hydrogen-bond donors (Lipinski definition) is 2. The summed E-state index contributed by atoms with van der Waals surface area (Å²) in [4.78, 5) is 11.8. The second-order valence-corrected chi connectivity index (χ2v) is 4.97. The minimum Gasteiger partial charge on any atom is -0.376 e. The van der Waals surface area contributed by atoms with E-state index in [1.165, 1.54) is 0 Å². The normalized spacial score (nSPS) is 9.76. The Balaban J connectivity index is 1.92. The largest absolute Gasteiger partial charge is 0.376 e. The van der Waals surface area contributed by atoms with Crippen LogP contribution in [0.1, 0.15) is 11.1 Å². The van der Waals surface area contributed by atoms with Gasteiger partial charge in [-0.1, -0.05) is 23.7 Å². The Morgan fingerprint density at radius 1 is 1.24 bits per heavy atom. The van der Waals surface area contributed by atoms with Crippen molar-refractivity contribution in [2.75, 3.05) is 17.2 Å². The molecule has 0 aliphatic heterocycles. The molecule has 2 aromatic rings. The Labute approximate surface area is 128 Å². The molecule has 4 nitrogen and oxygen atoms in total. The quantitative estimate of drug-likeness (QED) is 0.907. The second kappa shape index (κ2) is 6.78. The van der Waals surface area contributed by atoms with Crippen molar-refractivity contribution < 1.29 is 4.79 Å². The summed E-state index contributed by atoms with van der Waals surface area (Å²) in [6.07, 6.45) is 0. The first-order valence-corrected chi connectivity index (χ1v) is 6.76. The van der Waals surface area contributed by atoms with E-state index < -0.39 is 0 Å². The molecule has 106 valence electrons. The molecule has 0 saturated carbocycles. The lowest BCUT2D eigenvalue weighted by molar-refractivity contribution is -0.114. The molecule has 2 rings (SSSR count). The molecular weight excluding hydrogens is 286 g/mol. The summed E-state index contributed by atoms with van der Waals surface area (Å²) in [6.45, 7) is 2.04. The number of anilines is 2. The lowest BCUT2D eigenvalue weighted by Crippen LogP contribution is -2.21. The van der Waals surface area contributed by atoms with Gasteiger partial charge in [0.15, 0.2) is 0 Å². The van der Waals surface area contributed by atoms with Crippen molar-refractivity contribution in [3.63, 3.8) is 0 Å². The van der Waals surface area contributed by atoms with Gasteiger partial charge in [0.2, 0.25) is 5.91 Å². The highest BCUT2D eigenvalue weighted by atomic mass is 35.5. The van der Waals surface area contributed by atoms with E-state index in [1.54, 1.807) is 30.3 Å². The van der Waals surface area contributed by atoms with Gasteiger partial charge in [-0.15, -0.1) is 0 Å². The third-order valence-electron chi connectivity index (χ3n) is 2.90. The maximum Gasteiger partial charge on any atom is 0.243 e. The zero-order valence-electron chi connectivity index (χ0n) is 11.5. The fourth-order valence-electron chi connectivity index (χ4n) is 1.76. The van der Waals surface area contributed by atoms with Gasteiger partial charge in [-0.25, -0.2) is 0 Å². The van der Waals surface area contributed by atoms with Crippen LogP contribution in [0.5, 0.6) is 0 Å². The second-order valence-electron chi connectivity index (χ2n) is 4.56. The van der Waals surface area contributed by atoms with E-state index >= 15 is 0 Å². The Kier molecular flexibility index (Phi) is 4.81. The van der Waals surface area contributed by atoms with Crippen molar-refractivity contribution in [2.24, 2.45) is 0 Å². The van der Waals surface area contributed by atoms with Crippen LogP contribution in [-0.2, 0) is 4.79 Å². The predicted molar refractivity (Wildman–Crippen MR) is 84.5 cm³/mol. The number of nitrogens with one attached hydrogen (secondary N) is 2. The van der Waals surface area contributed by atoms with Gasteiger partial charge >= 0.3 is 0 Å². The van der Waals surface area contributed by atoms with Gasteiger partial charge in [-0.05, 0) is 42.8 Å². The molecule has 0 saturated heterocycles. The van der Waals surface area contributed by atoms with Gasteiger partial charge in [0.25, 0.3) is 0 Å². The molecule has 0 unspecified atom stereocenters. The number of halogens is 1. The van der Waals surface area contributed by atoms with Crippen molar-refractivity contribution in [1.82, 2.24) is 0 Å². The van der Waals surface area contributed by atoms with E-state index in [9.17, 15) is 4.79 Å². The first-order valence-electron chi connectivity index (χ1n) is 6.38. The molecular formula is C16H14ClN3O. The summed E-state index contributed by atoms with van der Waals surface area (Å²) in [7, 11) is 0. The lowest BCUT2D eigenvalue weighted by Gasteiger charge is -2.09. The van der Waals surface area contributed by atoms with Crippen molar-refractivity contribution in [3.05, 3.63) is 58.6 Å². The monoisotopic (exact) mass is 299 g/mol. The smallest absolute Gasteiger partial charge is 0.243 e. The number of benzene rings is 2. The first-order chi connectivity index (χ1) is 10.1. The zero-order chi connectivity index (χ0) is 15.2. The molecule has 0 aliphatic carbocycles. The molecule has 0 spiro atoms. The van der Waals surface area contributed by atoms with Gasteiger partial charge in [-0.2, -0.15) is 5.26 Å². The van der Waals surface area contributed by atoms with Gasteiger partial charge in [0, 0.05) is 16.4 Å². The minimum atomic E-state index is -0.193. The Morgan fingerprint density at radius 3 is 2.76 bits per heavy atom. The topological polar surface area (TPSA) is 64.9 Å². The number of nitriles is 1. The Bertz CT molecular complexity index is 707. The molecule has 0 aromatic heterocycles. The third kappa shape index (κ3) is 4.23. The van der Waals surface area contributed by atoms with Gasteiger partial charge in [0.1, 0.15) is 0 Å². The van der Waals surface area contributed by atoms with E-state index in [1.807, 2.05) is 25.1 Å². The molecule has 0 fully saturated rings. The summed E-state index contributed by atoms with van der Waals surface area (Å²) >= 11 is 6.02. The van der Waals surface area contributed by atoms with E-state index in [4.69, 9.17) is 16.9 Å². The summed E-state index contributed by atoms with van der Waals surface area (Å²) in [5, 5.41) is 15.2. The van der Waals surface area contributed by atoms with E-state index in [2.05, 4.69) is 10.6 Å². The van der Waals surface area contributed by atoms with Crippen LogP contribution in [0.4, 0.5) is 11.4 Å². The molecule has 0 radical (unpaired) electrons. The van der Waals surface area contributed by atoms with Crippen molar-refractivity contribution in [1.29, 1.82) is 5.26 Å². The molecule has 0 aliphatic rings. The molecule has 0 atom stereocenters. The number of carbonyl (C=O) groups is 1. The molecule has 0 bridgehead atoms. The van der Waals surface area contributed by atoms with Crippen LogP contribution in [0.25, 0.3) is 0 Å². The maximum absolute atomic E-state index is 11.8. The average molecular weight is 300 g/mol. The third-order valence-corrected chi connectivity index (χ3v) is 3.31. The van der Waals surface area contributed by atoms with Gasteiger partial charge in [0.05, 0.1) is 18.2 Å². The van der Waals surface area contributed by atoms with E-state index in [0.717, 1.165) is 11.3 Å². The highest BCUT2D eigenvalue weighted by Gasteiger charge is 2.04. The van der Waals surface area contributed by atoms with Crippen LogP contribution in [0.15, 0.2) is 42.5 Å². The number of amides is 1. The fraction of sp³-hybridized carbons (Fsp3) is 0.125. The zero-order valence-corrected chi connectivity index (χ0v) is 12.2. The summed E-state index contributed by atoms with van der Waals surface area (Å²) in [6, 6.07) is 14.3. The van der Waals surface area contributed by atoms with Crippen molar-refractivity contribution in [3.8, 4) is 6.07 Å². The van der Waals surface area contributed by atoms with Crippen LogP contribution < -0.4 is 10.6 Å². The number of carbonyl (C=O) groups excluding carboxylic acids is 1. The highest BCUT2D eigenvalue weighted by molar-refractivity contribution is 6.31. The van der Waals surface area contributed by atoms with Crippen LogP contribution in [0, 0.1) is 18.3 Å². The number of rotatable bonds is 4. The number of hydrogen-bond acceptors (Lipinski definition) is 3. The van der Waals surface area contributed by atoms with Crippen LogP contribution in [0.2, 0.25) is 5.02 Å². The molecule has 21 heavy (non-hydrogen) atoms. The number of nitrogens with zero attached hydrogens (tertiary/aromatic N) is 1. The van der Waals surface area contributed by atoms with E-state index in [0.29, 0.717) is 16.3 Å². The molecule has 2 aromatic carbocycles. The van der Waals surface area contributed by atoms with E-state index in [-0.39, 0.29) is 12.5 Å². The molecule has 0 heterocycles. The van der Waals surface area contributed by atoms with Crippen molar-refractivity contribution >= 4 is 28.9 Å². The Hall–Kier alpha value is -2.51. The fourth-order valence-corrected chi connectivity index (χ4v) is 1.94. The predicted octanol–water partition coefficient (Wildman–Crippen LogP) is 3.57. The summed E-state index contributed by atoms with van der Waals surface area (Å²) in [5.74, 6) is -0.193. The standard InChI is InChI=1S/C16H14ClN3O/c1-11-5-6-13(8-15(11)17)19-10-16(21)20-14-4-2-3-12(7-14)9-18/h2-8,19H,10H2,1H3,(H,20,21). The van der Waals surface area contributed by atoms with Crippen molar-refractivity contribution in [2.45, 2.75) is 6.92 Å². The first kappa shape index (κ1) is 14.9.